The number of rotatable bonds is 5. The molecule has 10 rings (SSSR count). The van der Waals surface area contributed by atoms with Gasteiger partial charge in [-0.25, -0.2) is 9.97 Å². The molecule has 10 aromatic rings. The fraction of sp³-hybridized carbons (Fsp3) is 0. The molecule has 0 spiro atoms. The highest BCUT2D eigenvalue weighted by Crippen LogP contribution is 2.46. The molecule has 2 aromatic heterocycles. The lowest BCUT2D eigenvalue weighted by atomic mass is 9.89. The van der Waals surface area contributed by atoms with Crippen molar-refractivity contribution in [1.29, 1.82) is 0 Å². The molecule has 0 fully saturated rings. The summed E-state index contributed by atoms with van der Waals surface area (Å²) in [5.74, 6) is 0.709. The summed E-state index contributed by atoms with van der Waals surface area (Å²) in [5.41, 5.74) is 9.62. The highest BCUT2D eigenvalue weighted by molar-refractivity contribution is 7.26. The summed E-state index contributed by atoms with van der Waals surface area (Å²) in [5, 5.41) is 7.56. The van der Waals surface area contributed by atoms with Crippen LogP contribution in [0.25, 0.3) is 97.9 Å². The predicted molar refractivity (Wildman–Crippen MR) is 217 cm³/mol. The average molecular weight is 667 g/mol. The van der Waals surface area contributed by atoms with Crippen LogP contribution < -0.4 is 0 Å². The first-order chi connectivity index (χ1) is 25.3. The van der Waals surface area contributed by atoms with Crippen LogP contribution in [0.1, 0.15) is 0 Å². The van der Waals surface area contributed by atoms with E-state index in [9.17, 15) is 0 Å². The van der Waals surface area contributed by atoms with Crippen molar-refractivity contribution in [3.63, 3.8) is 0 Å². The summed E-state index contributed by atoms with van der Waals surface area (Å²) in [6, 6.07) is 65.1. The van der Waals surface area contributed by atoms with Crippen LogP contribution in [-0.4, -0.2) is 9.97 Å². The first-order valence-electron chi connectivity index (χ1n) is 17.2. The number of hydrogen-bond acceptors (Lipinski definition) is 3. The van der Waals surface area contributed by atoms with Crippen LogP contribution in [0.4, 0.5) is 0 Å². The monoisotopic (exact) mass is 666 g/mol. The Labute approximate surface area is 300 Å². The van der Waals surface area contributed by atoms with Gasteiger partial charge in [0, 0.05) is 36.9 Å². The molecule has 51 heavy (non-hydrogen) atoms. The van der Waals surface area contributed by atoms with E-state index in [1.807, 2.05) is 35.6 Å². The number of nitrogens with zero attached hydrogens (tertiary/aromatic N) is 2. The van der Waals surface area contributed by atoms with Crippen LogP contribution in [0.15, 0.2) is 182 Å². The van der Waals surface area contributed by atoms with Crippen LogP contribution >= 0.6 is 11.3 Å². The molecule has 238 valence electrons. The zero-order valence-electron chi connectivity index (χ0n) is 27.6. The molecule has 0 bridgehead atoms. The maximum Gasteiger partial charge on any atom is 0.160 e. The Balaban J connectivity index is 1.30. The molecule has 2 heterocycles. The van der Waals surface area contributed by atoms with Gasteiger partial charge in [-0.1, -0.05) is 146 Å². The lowest BCUT2D eigenvalue weighted by Crippen LogP contribution is -1.96. The fourth-order valence-electron chi connectivity index (χ4n) is 7.42. The molecule has 0 N–H and O–H groups in total. The molecular weight excluding hydrogens is 637 g/mol. The Bertz CT molecular complexity index is 2850. The molecule has 0 unspecified atom stereocenters. The minimum absolute atomic E-state index is 0.709. The summed E-state index contributed by atoms with van der Waals surface area (Å²) >= 11 is 1.88. The lowest BCUT2D eigenvalue weighted by molar-refractivity contribution is 1.18. The van der Waals surface area contributed by atoms with Gasteiger partial charge >= 0.3 is 0 Å². The van der Waals surface area contributed by atoms with Crippen molar-refractivity contribution in [2.45, 2.75) is 0 Å². The quantitative estimate of drug-likeness (QED) is 0.183. The van der Waals surface area contributed by atoms with Crippen molar-refractivity contribution in [1.82, 2.24) is 9.97 Å². The third-order valence-corrected chi connectivity index (χ3v) is 11.0. The molecule has 0 aliphatic carbocycles. The molecular formula is C48H30N2S. The summed E-state index contributed by atoms with van der Waals surface area (Å²) < 4.78 is 2.62. The van der Waals surface area contributed by atoms with E-state index in [-0.39, 0.29) is 0 Å². The Morgan fingerprint density at radius 3 is 1.71 bits per heavy atom. The van der Waals surface area contributed by atoms with Crippen molar-refractivity contribution < 1.29 is 0 Å². The number of aromatic nitrogens is 2. The molecule has 0 aliphatic rings. The lowest BCUT2D eigenvalue weighted by Gasteiger charge is -2.15. The molecule has 8 aromatic carbocycles. The van der Waals surface area contributed by atoms with E-state index < -0.39 is 0 Å². The number of thiophene rings is 1. The summed E-state index contributed by atoms with van der Waals surface area (Å²) in [7, 11) is 0. The first-order valence-corrected chi connectivity index (χ1v) is 18.1. The van der Waals surface area contributed by atoms with Gasteiger partial charge < -0.3 is 0 Å². The van der Waals surface area contributed by atoms with E-state index in [0.29, 0.717) is 5.82 Å². The molecule has 0 radical (unpaired) electrons. The van der Waals surface area contributed by atoms with E-state index in [0.717, 1.165) is 39.2 Å². The fourth-order valence-corrected chi connectivity index (χ4v) is 8.68. The molecule has 3 heteroatoms. The van der Waals surface area contributed by atoms with Gasteiger partial charge in [0.15, 0.2) is 5.82 Å². The second-order valence-corrected chi connectivity index (χ2v) is 14.0. The molecule has 0 amide bonds. The van der Waals surface area contributed by atoms with E-state index >= 15 is 0 Å². The van der Waals surface area contributed by atoms with Gasteiger partial charge in [0.2, 0.25) is 0 Å². The van der Waals surface area contributed by atoms with Crippen molar-refractivity contribution in [3.05, 3.63) is 182 Å². The van der Waals surface area contributed by atoms with Gasteiger partial charge in [-0.3, -0.25) is 0 Å². The Kier molecular flexibility index (Phi) is 7.04. The summed E-state index contributed by atoms with van der Waals surface area (Å²) in [6.45, 7) is 0. The van der Waals surface area contributed by atoms with Gasteiger partial charge in [0.05, 0.1) is 11.4 Å². The Hall–Kier alpha value is -6.42. The van der Waals surface area contributed by atoms with Crippen LogP contribution in [0.2, 0.25) is 0 Å². The van der Waals surface area contributed by atoms with Gasteiger partial charge in [-0.2, -0.15) is 0 Å². The Morgan fingerprint density at radius 2 is 0.922 bits per heavy atom. The number of hydrogen-bond donors (Lipinski definition) is 0. The molecule has 0 atom stereocenters. The Morgan fingerprint density at radius 1 is 0.353 bits per heavy atom. The summed E-state index contributed by atoms with van der Waals surface area (Å²) in [4.78, 5) is 10.4. The average Bonchev–Trinajstić information content (AvgIpc) is 3.61. The van der Waals surface area contributed by atoms with Gasteiger partial charge in [0.25, 0.3) is 0 Å². The minimum Gasteiger partial charge on any atom is -0.228 e. The molecule has 0 saturated carbocycles. The normalized spacial score (nSPS) is 11.5. The largest absolute Gasteiger partial charge is 0.228 e. The SMILES string of the molecule is c1ccc(-c2cc(-c3cc(-c4cccc5ccccc45)cc(-c4cc5ccccc5c5sc6ccccc6c45)c3)nc(-c3ccccc3)n2)cc1. The van der Waals surface area contributed by atoms with E-state index in [1.54, 1.807) is 0 Å². The van der Waals surface area contributed by atoms with Crippen molar-refractivity contribution in [3.8, 4) is 56.2 Å². The van der Waals surface area contributed by atoms with E-state index in [1.165, 1.54) is 52.8 Å². The topological polar surface area (TPSA) is 25.8 Å². The number of fused-ring (bicyclic) bond motifs is 6. The van der Waals surface area contributed by atoms with Crippen LogP contribution in [-0.2, 0) is 0 Å². The van der Waals surface area contributed by atoms with Crippen LogP contribution in [0.3, 0.4) is 0 Å². The maximum absolute atomic E-state index is 5.27. The smallest absolute Gasteiger partial charge is 0.160 e. The third-order valence-electron chi connectivity index (χ3n) is 9.84. The summed E-state index contributed by atoms with van der Waals surface area (Å²) in [6.07, 6.45) is 0. The second kappa shape index (κ2) is 12.2. The highest BCUT2D eigenvalue weighted by Gasteiger charge is 2.18. The van der Waals surface area contributed by atoms with Crippen LogP contribution in [0, 0.1) is 0 Å². The van der Waals surface area contributed by atoms with Crippen molar-refractivity contribution >= 4 is 53.1 Å². The van der Waals surface area contributed by atoms with Gasteiger partial charge in [0.1, 0.15) is 0 Å². The first kappa shape index (κ1) is 29.5. The molecule has 2 nitrogen and oxygen atoms in total. The highest BCUT2D eigenvalue weighted by atomic mass is 32.1. The predicted octanol–water partition coefficient (Wildman–Crippen LogP) is 13.5. The number of benzene rings is 8. The standard InChI is InChI=1S/C48H30N2S/c1-3-15-32(16-4-1)43-30-44(50-48(49-43)33-17-5-2-6-18-33)37-27-35(39-24-13-20-31-14-7-9-21-38(31)39)26-36(28-37)42-29-34-19-8-10-22-40(34)47-46(42)41-23-11-12-25-45(41)51-47/h1-30H. The second-order valence-electron chi connectivity index (χ2n) is 13.0. The van der Waals surface area contributed by atoms with E-state index in [2.05, 4.69) is 158 Å². The zero-order valence-corrected chi connectivity index (χ0v) is 28.4. The van der Waals surface area contributed by atoms with Crippen molar-refractivity contribution in [2.24, 2.45) is 0 Å². The molecule has 0 saturated heterocycles. The minimum atomic E-state index is 0.709. The van der Waals surface area contributed by atoms with Crippen molar-refractivity contribution in [2.75, 3.05) is 0 Å². The molecule has 0 aliphatic heterocycles. The maximum atomic E-state index is 5.27. The third kappa shape index (κ3) is 5.18. The van der Waals surface area contributed by atoms with Gasteiger partial charge in [-0.05, 0) is 80.2 Å². The van der Waals surface area contributed by atoms with Gasteiger partial charge in [-0.15, -0.1) is 11.3 Å². The zero-order chi connectivity index (χ0) is 33.7. The van der Waals surface area contributed by atoms with Crippen LogP contribution in [0.5, 0.6) is 0 Å². The van der Waals surface area contributed by atoms with E-state index in [4.69, 9.17) is 9.97 Å².